The molecule has 2 amide bonds. The SMILES string of the molecule is CC(C)CNC(=O)[C@@H](Cc1ccccc1)N(Cc1ccc(Cl)c(Cl)c1)C(=O)CN(c1cccc(Cl)c1Cl)S(C)(=O)=O. The van der Waals surface area contributed by atoms with Crippen molar-refractivity contribution in [1.82, 2.24) is 10.2 Å². The molecule has 7 nitrogen and oxygen atoms in total. The third-order valence-electron chi connectivity index (χ3n) is 6.17. The van der Waals surface area contributed by atoms with E-state index in [0.29, 0.717) is 17.1 Å². The second-order valence-electron chi connectivity index (χ2n) is 9.96. The summed E-state index contributed by atoms with van der Waals surface area (Å²) in [7, 11) is -3.99. The zero-order valence-electron chi connectivity index (χ0n) is 22.8. The lowest BCUT2D eigenvalue weighted by molar-refractivity contribution is -0.140. The molecule has 1 atom stereocenters. The highest BCUT2D eigenvalue weighted by Gasteiger charge is 2.33. The lowest BCUT2D eigenvalue weighted by atomic mass is 10.0. The molecule has 0 fully saturated rings. The first-order valence-electron chi connectivity index (χ1n) is 12.7. The van der Waals surface area contributed by atoms with Crippen LogP contribution in [0.2, 0.25) is 20.1 Å². The molecule has 0 aliphatic rings. The van der Waals surface area contributed by atoms with Crippen LogP contribution in [0.5, 0.6) is 0 Å². The highest BCUT2D eigenvalue weighted by atomic mass is 35.5. The quantitative estimate of drug-likeness (QED) is 0.241. The highest BCUT2D eigenvalue weighted by molar-refractivity contribution is 7.92. The van der Waals surface area contributed by atoms with E-state index in [1.807, 2.05) is 44.2 Å². The summed E-state index contributed by atoms with van der Waals surface area (Å²) >= 11 is 24.9. The van der Waals surface area contributed by atoms with Crippen LogP contribution in [0, 0.1) is 5.92 Å². The predicted octanol–water partition coefficient (Wildman–Crippen LogP) is 6.48. The molecular formula is C29H31Cl4N3O4S. The Balaban J connectivity index is 2.09. The molecule has 1 N–H and O–H groups in total. The van der Waals surface area contributed by atoms with Gasteiger partial charge in [0.25, 0.3) is 0 Å². The first-order valence-corrected chi connectivity index (χ1v) is 16.1. The van der Waals surface area contributed by atoms with Gasteiger partial charge in [-0.3, -0.25) is 13.9 Å². The van der Waals surface area contributed by atoms with E-state index in [-0.39, 0.29) is 45.5 Å². The lowest BCUT2D eigenvalue weighted by Crippen LogP contribution is -2.53. The molecular weight excluding hydrogens is 628 g/mol. The number of hydrogen-bond acceptors (Lipinski definition) is 4. The number of carbonyl (C=O) groups is 2. The summed E-state index contributed by atoms with van der Waals surface area (Å²) < 4.78 is 26.7. The van der Waals surface area contributed by atoms with Crippen molar-refractivity contribution in [3.63, 3.8) is 0 Å². The number of halogens is 4. The molecule has 0 spiro atoms. The maximum absolute atomic E-state index is 14.1. The number of nitrogens with one attached hydrogen (secondary N) is 1. The first kappa shape index (κ1) is 33.0. The molecule has 0 aromatic heterocycles. The molecule has 220 valence electrons. The van der Waals surface area contributed by atoms with Crippen LogP contribution in [0.15, 0.2) is 66.7 Å². The Morgan fingerprint density at radius 1 is 0.854 bits per heavy atom. The predicted molar refractivity (Wildman–Crippen MR) is 167 cm³/mol. The summed E-state index contributed by atoms with van der Waals surface area (Å²) in [6.45, 7) is 3.66. The largest absolute Gasteiger partial charge is 0.354 e. The van der Waals surface area contributed by atoms with E-state index in [9.17, 15) is 18.0 Å². The van der Waals surface area contributed by atoms with Gasteiger partial charge in [0.15, 0.2) is 0 Å². The average Bonchev–Trinajstić information content (AvgIpc) is 2.91. The topological polar surface area (TPSA) is 86.8 Å². The maximum atomic E-state index is 14.1. The van der Waals surface area contributed by atoms with Gasteiger partial charge in [0.1, 0.15) is 12.6 Å². The number of hydrogen-bond donors (Lipinski definition) is 1. The van der Waals surface area contributed by atoms with E-state index in [1.54, 1.807) is 18.2 Å². The Bertz CT molecular complexity index is 1490. The summed E-state index contributed by atoms with van der Waals surface area (Å²) in [6, 6.07) is 17.7. The molecule has 3 aromatic rings. The molecule has 0 aliphatic heterocycles. The second-order valence-corrected chi connectivity index (χ2v) is 13.5. The summed E-state index contributed by atoms with van der Waals surface area (Å²) in [5, 5.41) is 3.66. The van der Waals surface area contributed by atoms with E-state index in [4.69, 9.17) is 46.4 Å². The zero-order chi connectivity index (χ0) is 30.3. The Kier molecular flexibility index (Phi) is 11.8. The molecule has 3 aromatic carbocycles. The van der Waals surface area contributed by atoms with Crippen molar-refractivity contribution in [2.75, 3.05) is 23.7 Å². The molecule has 0 saturated heterocycles. The van der Waals surface area contributed by atoms with Crippen LogP contribution in [0.3, 0.4) is 0 Å². The van der Waals surface area contributed by atoms with Crippen LogP contribution in [0.25, 0.3) is 0 Å². The number of nitrogens with zero attached hydrogens (tertiary/aromatic N) is 2. The summed E-state index contributed by atoms with van der Waals surface area (Å²) in [6.07, 6.45) is 1.16. The van der Waals surface area contributed by atoms with Gasteiger partial charge in [-0.2, -0.15) is 0 Å². The van der Waals surface area contributed by atoms with Crippen molar-refractivity contribution in [1.29, 1.82) is 0 Å². The highest BCUT2D eigenvalue weighted by Crippen LogP contribution is 2.34. The molecule has 41 heavy (non-hydrogen) atoms. The van der Waals surface area contributed by atoms with Gasteiger partial charge in [-0.15, -0.1) is 0 Å². The minimum absolute atomic E-state index is 0.0149. The molecule has 12 heteroatoms. The summed E-state index contributed by atoms with van der Waals surface area (Å²) in [5.74, 6) is -0.831. The van der Waals surface area contributed by atoms with Gasteiger partial charge in [0.05, 0.1) is 32.0 Å². The van der Waals surface area contributed by atoms with Gasteiger partial charge >= 0.3 is 0 Å². The number of sulfonamides is 1. The van der Waals surface area contributed by atoms with Crippen molar-refractivity contribution in [3.05, 3.63) is 97.9 Å². The van der Waals surface area contributed by atoms with Gasteiger partial charge < -0.3 is 10.2 Å². The fourth-order valence-corrected chi connectivity index (χ4v) is 5.71. The third-order valence-corrected chi connectivity index (χ3v) is 8.85. The van der Waals surface area contributed by atoms with Crippen LogP contribution in [0.1, 0.15) is 25.0 Å². The van der Waals surface area contributed by atoms with Gasteiger partial charge in [-0.25, -0.2) is 8.42 Å². The van der Waals surface area contributed by atoms with Crippen LogP contribution in [-0.4, -0.2) is 50.5 Å². The molecule has 3 rings (SSSR count). The van der Waals surface area contributed by atoms with E-state index in [0.717, 1.165) is 16.1 Å². The van der Waals surface area contributed by atoms with Gasteiger partial charge in [-0.1, -0.05) is 103 Å². The molecule has 0 heterocycles. The van der Waals surface area contributed by atoms with Crippen LogP contribution < -0.4 is 9.62 Å². The van der Waals surface area contributed by atoms with Crippen molar-refractivity contribution >= 4 is 73.9 Å². The standard InChI is InChI=1S/C29H31Cl4N3O4S/c1-19(2)16-34-29(38)26(15-20-8-5-4-6-9-20)35(17-21-12-13-22(30)24(32)14-21)27(37)18-36(41(3,39)40)25-11-7-10-23(31)28(25)33/h4-14,19,26H,15-18H2,1-3H3,(H,34,38)/t26-/m1/s1. The number of rotatable bonds is 12. The normalized spacial score (nSPS) is 12.2. The van der Waals surface area contributed by atoms with E-state index < -0.39 is 28.5 Å². The monoisotopic (exact) mass is 657 g/mol. The lowest BCUT2D eigenvalue weighted by Gasteiger charge is -2.34. The molecule has 0 radical (unpaired) electrons. The molecule has 0 bridgehead atoms. The van der Waals surface area contributed by atoms with Crippen LogP contribution >= 0.6 is 46.4 Å². The van der Waals surface area contributed by atoms with Crippen LogP contribution in [-0.2, 0) is 32.6 Å². The minimum atomic E-state index is -3.99. The number of carbonyl (C=O) groups excluding carboxylic acids is 2. The second kappa shape index (κ2) is 14.6. The Morgan fingerprint density at radius 2 is 1.54 bits per heavy atom. The van der Waals surface area contributed by atoms with Crippen LogP contribution in [0.4, 0.5) is 5.69 Å². The van der Waals surface area contributed by atoms with Gasteiger partial charge in [-0.05, 0) is 41.3 Å². The maximum Gasteiger partial charge on any atom is 0.244 e. The smallest absolute Gasteiger partial charge is 0.244 e. The van der Waals surface area contributed by atoms with Gasteiger partial charge in [0, 0.05) is 19.5 Å². The van der Waals surface area contributed by atoms with Crippen molar-refractivity contribution in [2.45, 2.75) is 32.9 Å². The molecule has 0 aliphatic carbocycles. The van der Waals surface area contributed by atoms with E-state index in [2.05, 4.69) is 5.32 Å². The Labute approximate surface area is 261 Å². The fraction of sp³-hybridized carbons (Fsp3) is 0.310. The summed E-state index contributed by atoms with van der Waals surface area (Å²) in [5.41, 5.74) is 1.48. The van der Waals surface area contributed by atoms with Gasteiger partial charge in [0.2, 0.25) is 21.8 Å². The van der Waals surface area contributed by atoms with Crippen molar-refractivity contribution in [2.24, 2.45) is 5.92 Å². The van der Waals surface area contributed by atoms with E-state index in [1.165, 1.54) is 23.1 Å². The summed E-state index contributed by atoms with van der Waals surface area (Å²) in [4.78, 5) is 29.1. The van der Waals surface area contributed by atoms with Crippen molar-refractivity contribution in [3.8, 4) is 0 Å². The minimum Gasteiger partial charge on any atom is -0.354 e. The molecule has 0 saturated carbocycles. The Hall–Kier alpha value is -2.49. The van der Waals surface area contributed by atoms with E-state index >= 15 is 0 Å². The average molecular weight is 659 g/mol. The first-order chi connectivity index (χ1) is 19.3. The third kappa shape index (κ3) is 9.25. The number of amides is 2. The number of benzene rings is 3. The fourth-order valence-electron chi connectivity index (χ4n) is 4.09. The van der Waals surface area contributed by atoms with Crippen molar-refractivity contribution < 1.29 is 18.0 Å². The molecule has 0 unspecified atom stereocenters. The Morgan fingerprint density at radius 3 is 2.15 bits per heavy atom. The zero-order valence-corrected chi connectivity index (χ0v) is 26.6. The number of anilines is 1.